The van der Waals surface area contributed by atoms with Gasteiger partial charge in [-0.3, -0.25) is 23.4 Å². The van der Waals surface area contributed by atoms with Crippen molar-refractivity contribution in [3.05, 3.63) is 16.7 Å². The molecule has 0 aliphatic carbocycles. The number of amides is 2. The molecule has 37 heavy (non-hydrogen) atoms. The second kappa shape index (κ2) is 10.7. The molecule has 2 saturated heterocycles. The van der Waals surface area contributed by atoms with Gasteiger partial charge in [0.05, 0.1) is 25.6 Å². The third-order valence-corrected chi connectivity index (χ3v) is 6.54. The number of carbonyl (C=O) groups is 1. The number of nitrogen functional groups attached to an aromatic ring is 1. The standard InChI is InChI=1S/C17H26N9O10P/c18-15(19)25-17(30)22-10-2-7(8(3-27)34-10)36-37(31,32)33-4-9-6(28)1-11(35-9)26-5-21-12-13(26)23-16(20)24-14(12)29/h5-11,27-28H,1-4H2,(H,31,32)(H3,20,23,24,29)(H5,18,19,22,25,30)/t6-,7-,8+,9+,10+,11+/m0/s1. The number of fused-ring (bicyclic) bond motifs is 1. The minimum Gasteiger partial charge on any atom is -0.394 e. The zero-order valence-corrected chi connectivity index (χ0v) is 19.9. The average Bonchev–Trinajstić information content (AvgIpc) is 3.48. The molecule has 2 aliphatic rings. The number of hydrogen-bond acceptors (Lipinski definition) is 12. The largest absolute Gasteiger partial charge is 0.472 e. The quantitative estimate of drug-likeness (QED) is 0.0924. The Hall–Kier alpha value is -3.16. The van der Waals surface area contributed by atoms with Gasteiger partial charge in [0.25, 0.3) is 5.56 Å². The predicted molar refractivity (Wildman–Crippen MR) is 122 cm³/mol. The van der Waals surface area contributed by atoms with Crippen LogP contribution >= 0.6 is 7.82 Å². The molecule has 0 radical (unpaired) electrons. The van der Waals surface area contributed by atoms with E-state index in [-0.39, 0.29) is 30.0 Å². The Balaban J connectivity index is 1.34. The van der Waals surface area contributed by atoms with Crippen LogP contribution in [0.2, 0.25) is 0 Å². The molecule has 20 heteroatoms. The number of carbonyl (C=O) groups excluding carboxylic acids is 1. The molecule has 0 spiro atoms. The Morgan fingerprint density at radius 1 is 1.35 bits per heavy atom. The van der Waals surface area contributed by atoms with Gasteiger partial charge < -0.3 is 47.1 Å². The number of nitrogens with zero attached hydrogens (tertiary/aromatic N) is 4. The molecule has 7 atom stereocenters. The van der Waals surface area contributed by atoms with Gasteiger partial charge in [-0.2, -0.15) is 9.98 Å². The molecule has 1 unspecified atom stereocenters. The zero-order valence-electron chi connectivity index (χ0n) is 19.0. The number of H-pyrrole nitrogens is 1. The van der Waals surface area contributed by atoms with E-state index in [0.717, 1.165) is 0 Å². The molecule has 0 aromatic carbocycles. The SMILES string of the molecule is NC(N)=NC(=O)N[C@H]1C[C@H](OP(=O)(O)OC[C@H]2O[C@@H](n3cnc4c(=O)[nH]c(N)nc43)C[C@@H]2O)[C@@H](CO)O1. The van der Waals surface area contributed by atoms with Gasteiger partial charge >= 0.3 is 13.9 Å². The van der Waals surface area contributed by atoms with Crippen molar-refractivity contribution >= 4 is 36.9 Å². The van der Waals surface area contributed by atoms with E-state index < -0.39 is 75.5 Å². The molecule has 2 fully saturated rings. The number of aliphatic hydroxyl groups is 2. The van der Waals surface area contributed by atoms with Crippen LogP contribution in [-0.4, -0.2) is 90.5 Å². The number of nitrogens with two attached hydrogens (primary N) is 3. The molecule has 2 aromatic heterocycles. The molecule has 2 amide bonds. The number of ether oxygens (including phenoxy) is 2. The number of rotatable bonds is 8. The third kappa shape index (κ3) is 6.22. The Bertz CT molecular complexity index is 1280. The molecule has 4 heterocycles. The number of imidazole rings is 1. The van der Waals surface area contributed by atoms with Gasteiger partial charge in [0.15, 0.2) is 17.1 Å². The van der Waals surface area contributed by atoms with Gasteiger partial charge in [-0.25, -0.2) is 14.3 Å². The van der Waals surface area contributed by atoms with E-state index in [2.05, 4.69) is 25.3 Å². The number of guanidine groups is 1. The second-order valence-electron chi connectivity index (χ2n) is 8.18. The van der Waals surface area contributed by atoms with Crippen LogP contribution in [0.5, 0.6) is 0 Å². The molecule has 4 rings (SSSR count). The Labute approximate surface area is 207 Å². The summed E-state index contributed by atoms with van der Waals surface area (Å²) >= 11 is 0. The summed E-state index contributed by atoms with van der Waals surface area (Å²) in [6.07, 6.45) is -5.00. The summed E-state index contributed by atoms with van der Waals surface area (Å²) in [4.78, 5) is 47.4. The lowest BCUT2D eigenvalue weighted by Gasteiger charge is -2.21. The molecule has 0 saturated carbocycles. The van der Waals surface area contributed by atoms with E-state index >= 15 is 0 Å². The molecule has 11 N–H and O–H groups in total. The molecule has 0 bridgehead atoms. The average molecular weight is 547 g/mol. The van der Waals surface area contributed by atoms with Crippen molar-refractivity contribution in [2.24, 2.45) is 16.5 Å². The number of urea groups is 1. The van der Waals surface area contributed by atoms with Crippen molar-refractivity contribution in [2.75, 3.05) is 18.9 Å². The van der Waals surface area contributed by atoms with Crippen molar-refractivity contribution in [3.8, 4) is 0 Å². The summed E-state index contributed by atoms with van der Waals surface area (Å²) in [6.45, 7) is -1.14. The van der Waals surface area contributed by atoms with Crippen LogP contribution in [0.15, 0.2) is 16.1 Å². The van der Waals surface area contributed by atoms with E-state index in [1.165, 1.54) is 10.9 Å². The smallest absolute Gasteiger partial charge is 0.394 e. The highest BCUT2D eigenvalue weighted by molar-refractivity contribution is 7.47. The topological polar surface area (TPSA) is 298 Å². The number of phosphoric ester groups is 1. The Kier molecular flexibility index (Phi) is 7.76. The first-order valence-corrected chi connectivity index (χ1v) is 12.3. The van der Waals surface area contributed by atoms with Crippen LogP contribution < -0.4 is 28.1 Å². The fraction of sp³-hybridized carbons (Fsp3) is 0.588. The maximum atomic E-state index is 12.5. The molecule has 204 valence electrons. The number of aliphatic imine (C=N–C) groups is 1. The van der Waals surface area contributed by atoms with Crippen LogP contribution in [-0.2, 0) is 23.1 Å². The third-order valence-electron chi connectivity index (χ3n) is 5.53. The zero-order chi connectivity index (χ0) is 26.9. The summed E-state index contributed by atoms with van der Waals surface area (Å²) in [5.41, 5.74) is 15.4. The van der Waals surface area contributed by atoms with E-state index in [9.17, 15) is 29.3 Å². The van der Waals surface area contributed by atoms with E-state index in [1.807, 2.05) is 0 Å². The van der Waals surface area contributed by atoms with Crippen molar-refractivity contribution in [3.63, 3.8) is 0 Å². The Morgan fingerprint density at radius 3 is 2.81 bits per heavy atom. The van der Waals surface area contributed by atoms with Crippen LogP contribution in [0.4, 0.5) is 10.7 Å². The van der Waals surface area contributed by atoms with Crippen molar-refractivity contribution in [1.82, 2.24) is 24.8 Å². The number of anilines is 1. The lowest BCUT2D eigenvalue weighted by atomic mass is 10.2. The number of aromatic amines is 1. The molecular weight excluding hydrogens is 521 g/mol. The maximum absolute atomic E-state index is 12.5. The summed E-state index contributed by atoms with van der Waals surface area (Å²) in [7, 11) is -4.74. The summed E-state index contributed by atoms with van der Waals surface area (Å²) in [6, 6.07) is -0.916. The molecule has 19 nitrogen and oxygen atoms in total. The highest BCUT2D eigenvalue weighted by Gasteiger charge is 2.43. The number of phosphoric acid groups is 1. The van der Waals surface area contributed by atoms with E-state index in [0.29, 0.717) is 0 Å². The van der Waals surface area contributed by atoms with Crippen molar-refractivity contribution < 1.29 is 43.0 Å². The number of nitrogens with one attached hydrogen (secondary N) is 2. The van der Waals surface area contributed by atoms with Gasteiger partial charge in [-0.15, -0.1) is 0 Å². The predicted octanol–water partition coefficient (Wildman–Crippen LogP) is -3.06. The lowest BCUT2D eigenvalue weighted by molar-refractivity contribution is -0.0515. The first-order chi connectivity index (χ1) is 17.5. The normalized spacial score (nSPS) is 29.3. The molecule has 2 aromatic rings. The van der Waals surface area contributed by atoms with Crippen LogP contribution in [0, 0.1) is 0 Å². The molecule has 2 aliphatic heterocycles. The van der Waals surface area contributed by atoms with Crippen LogP contribution in [0.25, 0.3) is 11.2 Å². The van der Waals surface area contributed by atoms with E-state index in [4.69, 9.17) is 35.7 Å². The van der Waals surface area contributed by atoms with Gasteiger partial charge in [0, 0.05) is 12.8 Å². The highest BCUT2D eigenvalue weighted by atomic mass is 31.2. The van der Waals surface area contributed by atoms with Gasteiger partial charge in [0.2, 0.25) is 5.95 Å². The summed E-state index contributed by atoms with van der Waals surface area (Å²) in [5, 5.41) is 22.2. The number of hydrogen-bond donors (Lipinski definition) is 8. The minimum absolute atomic E-state index is 0.0188. The van der Waals surface area contributed by atoms with Crippen molar-refractivity contribution in [1.29, 1.82) is 0 Å². The number of aliphatic hydroxyl groups excluding tert-OH is 2. The van der Waals surface area contributed by atoms with Gasteiger partial charge in [0.1, 0.15) is 30.8 Å². The van der Waals surface area contributed by atoms with Gasteiger partial charge in [-0.1, -0.05) is 0 Å². The molecular formula is C17H26N9O10P. The fourth-order valence-corrected chi connectivity index (χ4v) is 4.89. The van der Waals surface area contributed by atoms with E-state index in [1.54, 1.807) is 0 Å². The second-order valence-corrected chi connectivity index (χ2v) is 9.59. The lowest BCUT2D eigenvalue weighted by Crippen LogP contribution is -2.35. The van der Waals surface area contributed by atoms with Crippen LogP contribution in [0.1, 0.15) is 19.1 Å². The monoisotopic (exact) mass is 547 g/mol. The van der Waals surface area contributed by atoms with Crippen LogP contribution in [0.3, 0.4) is 0 Å². The minimum atomic E-state index is -4.74. The first kappa shape index (κ1) is 26.9. The first-order valence-electron chi connectivity index (χ1n) is 10.8. The Morgan fingerprint density at radius 2 is 2.11 bits per heavy atom. The summed E-state index contributed by atoms with van der Waals surface area (Å²) in [5.74, 6) is -0.615. The highest BCUT2D eigenvalue weighted by Crippen LogP contribution is 2.48. The maximum Gasteiger partial charge on any atom is 0.472 e. The number of aromatic nitrogens is 4. The summed E-state index contributed by atoms with van der Waals surface area (Å²) < 4.78 is 35.2. The van der Waals surface area contributed by atoms with Gasteiger partial charge in [-0.05, 0) is 0 Å². The fourth-order valence-electron chi connectivity index (χ4n) is 3.93. The van der Waals surface area contributed by atoms with Crippen molar-refractivity contribution in [2.45, 2.75) is 49.7 Å².